The van der Waals surface area contributed by atoms with Crippen LogP contribution in [0.3, 0.4) is 0 Å². The first-order chi connectivity index (χ1) is 5.74. The number of hydrogen-bond donors (Lipinski definition) is 1. The fourth-order valence-electron chi connectivity index (χ4n) is 0.618. The zero-order chi connectivity index (χ0) is 8.97. The first-order valence-corrected chi connectivity index (χ1v) is 3.84. The van der Waals surface area contributed by atoms with Crippen LogP contribution in [-0.2, 0) is 4.79 Å². The zero-order valence-corrected chi connectivity index (χ0v) is 7.50. The molecule has 0 aromatic carbocycles. The number of nitrogens with zero attached hydrogens (tertiary/aromatic N) is 1. The third kappa shape index (κ3) is 2.07. The van der Waals surface area contributed by atoms with Crippen LogP contribution >= 0.6 is 15.9 Å². The molecular formula is C8H4BrNO2. The molecule has 0 aliphatic carbocycles. The zero-order valence-electron chi connectivity index (χ0n) is 5.91. The lowest BCUT2D eigenvalue weighted by atomic mass is 10.3. The van der Waals surface area contributed by atoms with Crippen molar-refractivity contribution < 1.29 is 9.90 Å². The maximum atomic E-state index is 9.88. The fraction of sp³-hybridized carbons (Fsp3) is 0. The number of carbonyl (C=O) groups excluding carboxylic acids is 1. The molecule has 0 aliphatic heterocycles. The van der Waals surface area contributed by atoms with E-state index in [-0.39, 0.29) is 11.4 Å². The standard InChI is InChI=1S/C8H4BrNO2/c9-8-4-3-7(12)6(10-8)2-1-5-11/h3-5,12H. The number of carbonyl (C=O) groups is 1. The van der Waals surface area contributed by atoms with Gasteiger partial charge in [-0.3, -0.25) is 4.79 Å². The SMILES string of the molecule is O=CC#Cc1nc(Br)ccc1O. The van der Waals surface area contributed by atoms with Crippen LogP contribution in [0.5, 0.6) is 5.75 Å². The molecule has 0 saturated carbocycles. The Balaban J connectivity index is 3.13. The van der Waals surface area contributed by atoms with E-state index in [4.69, 9.17) is 5.11 Å². The van der Waals surface area contributed by atoms with E-state index >= 15 is 0 Å². The van der Waals surface area contributed by atoms with Crippen LogP contribution in [0.15, 0.2) is 16.7 Å². The van der Waals surface area contributed by atoms with Gasteiger partial charge in [-0.2, -0.15) is 0 Å². The van der Waals surface area contributed by atoms with Crippen molar-refractivity contribution in [3.05, 3.63) is 22.4 Å². The Morgan fingerprint density at radius 3 is 3.00 bits per heavy atom. The Morgan fingerprint density at radius 2 is 2.33 bits per heavy atom. The largest absolute Gasteiger partial charge is 0.505 e. The second-order valence-electron chi connectivity index (χ2n) is 1.89. The Morgan fingerprint density at radius 1 is 1.58 bits per heavy atom. The summed E-state index contributed by atoms with van der Waals surface area (Å²) < 4.78 is 0.565. The van der Waals surface area contributed by atoms with Crippen LogP contribution in [-0.4, -0.2) is 16.4 Å². The van der Waals surface area contributed by atoms with Gasteiger partial charge in [0, 0.05) is 0 Å². The lowest BCUT2D eigenvalue weighted by Gasteiger charge is -1.94. The van der Waals surface area contributed by atoms with Crippen molar-refractivity contribution >= 4 is 22.2 Å². The molecule has 0 saturated heterocycles. The minimum Gasteiger partial charge on any atom is -0.505 e. The van der Waals surface area contributed by atoms with E-state index in [9.17, 15) is 4.79 Å². The van der Waals surface area contributed by atoms with E-state index in [1.54, 1.807) is 6.07 Å². The predicted molar refractivity (Wildman–Crippen MR) is 46.5 cm³/mol. The predicted octanol–water partition coefficient (Wildman–Crippen LogP) is 1.10. The van der Waals surface area contributed by atoms with Crippen molar-refractivity contribution in [2.75, 3.05) is 0 Å². The highest BCUT2D eigenvalue weighted by molar-refractivity contribution is 9.10. The van der Waals surface area contributed by atoms with Crippen molar-refractivity contribution in [2.24, 2.45) is 0 Å². The normalized spacial score (nSPS) is 8.42. The van der Waals surface area contributed by atoms with Gasteiger partial charge in [-0.25, -0.2) is 4.98 Å². The topological polar surface area (TPSA) is 50.2 Å². The van der Waals surface area contributed by atoms with Gasteiger partial charge >= 0.3 is 0 Å². The average Bonchev–Trinajstić information content (AvgIpc) is 2.07. The van der Waals surface area contributed by atoms with Gasteiger partial charge in [0.15, 0.2) is 12.0 Å². The summed E-state index contributed by atoms with van der Waals surface area (Å²) in [5.74, 6) is 4.52. The molecule has 1 aromatic rings. The van der Waals surface area contributed by atoms with Gasteiger partial charge in [-0.05, 0) is 39.9 Å². The summed E-state index contributed by atoms with van der Waals surface area (Å²) in [6.45, 7) is 0. The summed E-state index contributed by atoms with van der Waals surface area (Å²) in [7, 11) is 0. The number of pyridine rings is 1. The van der Waals surface area contributed by atoms with Crippen LogP contribution < -0.4 is 0 Å². The number of halogens is 1. The Labute approximate surface area is 77.6 Å². The van der Waals surface area contributed by atoms with Crippen LogP contribution in [0.2, 0.25) is 0 Å². The van der Waals surface area contributed by atoms with Crippen molar-refractivity contribution in [1.29, 1.82) is 0 Å². The molecule has 0 fully saturated rings. The summed E-state index contributed by atoms with van der Waals surface area (Å²) >= 11 is 3.11. The van der Waals surface area contributed by atoms with Crippen LogP contribution in [0, 0.1) is 11.8 Å². The molecule has 0 bridgehead atoms. The van der Waals surface area contributed by atoms with Crippen LogP contribution in [0.4, 0.5) is 0 Å². The smallest absolute Gasteiger partial charge is 0.193 e. The molecule has 1 N–H and O–H groups in total. The van der Waals surface area contributed by atoms with Crippen LogP contribution in [0.25, 0.3) is 0 Å². The van der Waals surface area contributed by atoms with Gasteiger partial charge in [0.1, 0.15) is 10.4 Å². The minimum absolute atomic E-state index is 0.0347. The third-order valence-corrected chi connectivity index (χ3v) is 1.53. The molecule has 4 heteroatoms. The summed E-state index contributed by atoms with van der Waals surface area (Å²) in [5.41, 5.74) is 0.191. The Bertz CT molecular complexity index is 365. The summed E-state index contributed by atoms with van der Waals surface area (Å²) in [4.78, 5) is 13.7. The van der Waals surface area contributed by atoms with E-state index in [0.717, 1.165) is 0 Å². The number of hydrogen-bond acceptors (Lipinski definition) is 3. The van der Waals surface area contributed by atoms with Gasteiger partial charge in [0.2, 0.25) is 0 Å². The molecule has 0 spiro atoms. The highest BCUT2D eigenvalue weighted by atomic mass is 79.9. The van der Waals surface area contributed by atoms with Crippen molar-refractivity contribution in [3.63, 3.8) is 0 Å². The minimum atomic E-state index is -0.0347. The Hall–Kier alpha value is -1.34. The molecule has 0 atom stereocenters. The quantitative estimate of drug-likeness (QED) is 0.409. The first-order valence-electron chi connectivity index (χ1n) is 3.04. The fourth-order valence-corrected chi connectivity index (χ4v) is 0.927. The average molecular weight is 226 g/mol. The van der Waals surface area contributed by atoms with Crippen molar-refractivity contribution in [3.8, 4) is 17.6 Å². The molecule has 12 heavy (non-hydrogen) atoms. The number of rotatable bonds is 0. The first kappa shape index (κ1) is 8.75. The van der Waals surface area contributed by atoms with Gasteiger partial charge in [-0.15, -0.1) is 0 Å². The molecule has 0 amide bonds. The van der Waals surface area contributed by atoms with Gasteiger partial charge in [-0.1, -0.05) is 0 Å². The maximum Gasteiger partial charge on any atom is 0.193 e. The summed E-state index contributed by atoms with van der Waals surface area (Å²) in [6, 6.07) is 3.04. The van der Waals surface area contributed by atoms with Crippen molar-refractivity contribution in [1.82, 2.24) is 4.98 Å². The van der Waals surface area contributed by atoms with E-state index in [1.807, 2.05) is 0 Å². The van der Waals surface area contributed by atoms with Gasteiger partial charge in [0.25, 0.3) is 0 Å². The molecule has 0 aliphatic rings. The number of aldehydes is 1. The second kappa shape index (κ2) is 3.88. The maximum absolute atomic E-state index is 9.88. The molecule has 3 nitrogen and oxygen atoms in total. The number of aromatic hydroxyl groups is 1. The van der Waals surface area contributed by atoms with Gasteiger partial charge in [0.05, 0.1) is 0 Å². The molecule has 0 radical (unpaired) electrons. The van der Waals surface area contributed by atoms with E-state index in [2.05, 4.69) is 32.8 Å². The summed E-state index contributed by atoms with van der Waals surface area (Å²) in [6.07, 6.45) is 0.446. The van der Waals surface area contributed by atoms with Crippen molar-refractivity contribution in [2.45, 2.75) is 0 Å². The third-order valence-electron chi connectivity index (χ3n) is 1.09. The number of aromatic nitrogens is 1. The highest BCUT2D eigenvalue weighted by Gasteiger charge is 1.98. The van der Waals surface area contributed by atoms with E-state index in [1.165, 1.54) is 6.07 Å². The lowest BCUT2D eigenvalue weighted by molar-refractivity contribution is -0.103. The summed E-state index contributed by atoms with van der Waals surface area (Å²) in [5, 5.41) is 9.16. The monoisotopic (exact) mass is 225 g/mol. The second-order valence-corrected chi connectivity index (χ2v) is 2.70. The van der Waals surface area contributed by atoms with Gasteiger partial charge < -0.3 is 5.11 Å². The molecule has 1 aromatic heterocycles. The highest BCUT2D eigenvalue weighted by Crippen LogP contribution is 2.16. The van der Waals surface area contributed by atoms with Crippen LogP contribution in [0.1, 0.15) is 5.69 Å². The molecule has 0 unspecified atom stereocenters. The molecule has 1 heterocycles. The Kier molecular flexibility index (Phi) is 2.83. The molecular weight excluding hydrogens is 222 g/mol. The molecule has 60 valence electrons. The van der Waals surface area contributed by atoms with E-state index in [0.29, 0.717) is 10.9 Å². The molecule has 1 rings (SSSR count). The van der Waals surface area contributed by atoms with E-state index < -0.39 is 0 Å². The lowest BCUT2D eigenvalue weighted by Crippen LogP contribution is -1.83.